The molecule has 1 rings (SSSR count). The number of aryl methyl sites for hydroxylation is 1. The van der Waals surface area contributed by atoms with Gasteiger partial charge in [0.05, 0.1) is 0 Å². The molecule has 18 heavy (non-hydrogen) atoms. The van der Waals surface area contributed by atoms with Crippen molar-refractivity contribution < 1.29 is 9.47 Å². The molecule has 0 radical (unpaired) electrons. The number of hydrogen-bond donors (Lipinski definition) is 1. The van der Waals surface area contributed by atoms with Crippen LogP contribution in [0, 0.1) is 0 Å². The van der Waals surface area contributed by atoms with Crippen molar-refractivity contribution in [3.05, 3.63) is 29.8 Å². The number of nitrogens with two attached hydrogens (primary N) is 1. The van der Waals surface area contributed by atoms with Crippen LogP contribution >= 0.6 is 0 Å². The maximum atomic E-state index is 5.67. The predicted molar refractivity (Wildman–Crippen MR) is 75.0 cm³/mol. The molecule has 3 heteroatoms. The summed E-state index contributed by atoms with van der Waals surface area (Å²) in [7, 11) is 0. The van der Waals surface area contributed by atoms with E-state index in [4.69, 9.17) is 15.2 Å². The van der Waals surface area contributed by atoms with Crippen LogP contribution in [0.2, 0.25) is 0 Å². The molecule has 0 aliphatic rings. The van der Waals surface area contributed by atoms with E-state index in [1.165, 1.54) is 18.4 Å². The van der Waals surface area contributed by atoms with Gasteiger partial charge in [0.15, 0.2) is 0 Å². The highest BCUT2D eigenvalue weighted by Crippen LogP contribution is 2.14. The summed E-state index contributed by atoms with van der Waals surface area (Å²) in [6.45, 7) is 5.84. The van der Waals surface area contributed by atoms with Crippen LogP contribution in [0.1, 0.15) is 32.3 Å². The van der Waals surface area contributed by atoms with Crippen molar-refractivity contribution in [3.8, 4) is 5.75 Å². The van der Waals surface area contributed by atoms with Crippen molar-refractivity contribution in [2.24, 2.45) is 5.73 Å². The molecule has 0 spiro atoms. The first-order valence-corrected chi connectivity index (χ1v) is 6.83. The molecule has 0 aliphatic carbocycles. The second-order valence-corrected chi connectivity index (χ2v) is 4.37. The summed E-state index contributed by atoms with van der Waals surface area (Å²) in [5, 5.41) is 0. The van der Waals surface area contributed by atoms with Gasteiger partial charge in [0.1, 0.15) is 18.5 Å². The van der Waals surface area contributed by atoms with E-state index in [0.717, 1.165) is 12.2 Å². The Bertz CT molecular complexity index is 311. The fraction of sp³-hybridized carbons (Fsp3) is 0.600. The zero-order valence-electron chi connectivity index (χ0n) is 11.5. The van der Waals surface area contributed by atoms with Crippen molar-refractivity contribution >= 4 is 0 Å². The number of rotatable bonds is 9. The molecule has 0 saturated heterocycles. The van der Waals surface area contributed by atoms with E-state index < -0.39 is 0 Å². The number of ether oxygens (including phenoxy) is 2. The van der Waals surface area contributed by atoms with Gasteiger partial charge in [0.25, 0.3) is 0 Å². The van der Waals surface area contributed by atoms with Gasteiger partial charge in [0.2, 0.25) is 0 Å². The summed E-state index contributed by atoms with van der Waals surface area (Å²) >= 11 is 0. The number of unbranched alkanes of at least 4 members (excludes halogenated alkanes) is 1. The summed E-state index contributed by atoms with van der Waals surface area (Å²) in [6.07, 6.45) is 3.58. The SMILES string of the molecule is CCCCc1ccc(OCC(CN)OCC)cc1. The van der Waals surface area contributed by atoms with Gasteiger partial charge < -0.3 is 15.2 Å². The smallest absolute Gasteiger partial charge is 0.119 e. The van der Waals surface area contributed by atoms with Crippen LogP contribution in [0.4, 0.5) is 0 Å². The van der Waals surface area contributed by atoms with Gasteiger partial charge in [-0.15, -0.1) is 0 Å². The van der Waals surface area contributed by atoms with E-state index >= 15 is 0 Å². The van der Waals surface area contributed by atoms with Gasteiger partial charge in [-0.2, -0.15) is 0 Å². The highest BCUT2D eigenvalue weighted by Gasteiger charge is 2.06. The van der Waals surface area contributed by atoms with Gasteiger partial charge >= 0.3 is 0 Å². The predicted octanol–water partition coefficient (Wildman–Crippen LogP) is 2.77. The Labute approximate surface area is 110 Å². The summed E-state index contributed by atoms with van der Waals surface area (Å²) < 4.78 is 11.1. The van der Waals surface area contributed by atoms with Crippen LogP contribution in [0.5, 0.6) is 5.75 Å². The van der Waals surface area contributed by atoms with Crippen LogP contribution in [0.25, 0.3) is 0 Å². The molecule has 1 atom stereocenters. The highest BCUT2D eigenvalue weighted by molar-refractivity contribution is 5.27. The van der Waals surface area contributed by atoms with Crippen molar-refractivity contribution in [2.75, 3.05) is 19.8 Å². The van der Waals surface area contributed by atoms with Crippen LogP contribution in [-0.2, 0) is 11.2 Å². The Morgan fingerprint density at radius 1 is 1.17 bits per heavy atom. The third-order valence-corrected chi connectivity index (χ3v) is 2.84. The molecule has 2 N–H and O–H groups in total. The first-order chi connectivity index (χ1) is 8.80. The van der Waals surface area contributed by atoms with Gasteiger partial charge in [0, 0.05) is 13.2 Å². The Kier molecular flexibility index (Phi) is 7.46. The van der Waals surface area contributed by atoms with Crippen molar-refractivity contribution in [1.82, 2.24) is 0 Å². The summed E-state index contributed by atoms with van der Waals surface area (Å²) in [6, 6.07) is 8.29. The molecule has 1 aromatic carbocycles. The van der Waals surface area contributed by atoms with E-state index in [-0.39, 0.29) is 6.10 Å². The third kappa shape index (κ3) is 5.52. The molecule has 102 valence electrons. The van der Waals surface area contributed by atoms with Gasteiger partial charge in [-0.25, -0.2) is 0 Å². The minimum Gasteiger partial charge on any atom is -0.491 e. The zero-order chi connectivity index (χ0) is 13.2. The quantitative estimate of drug-likeness (QED) is 0.734. The van der Waals surface area contributed by atoms with E-state index in [0.29, 0.717) is 19.8 Å². The van der Waals surface area contributed by atoms with Crippen molar-refractivity contribution in [3.63, 3.8) is 0 Å². The van der Waals surface area contributed by atoms with Crippen LogP contribution in [0.3, 0.4) is 0 Å². The normalized spacial score (nSPS) is 12.4. The van der Waals surface area contributed by atoms with Gasteiger partial charge in [-0.3, -0.25) is 0 Å². The van der Waals surface area contributed by atoms with E-state index in [2.05, 4.69) is 19.1 Å². The maximum absolute atomic E-state index is 5.67. The Balaban J connectivity index is 2.38. The Hall–Kier alpha value is -1.06. The van der Waals surface area contributed by atoms with Gasteiger partial charge in [-0.1, -0.05) is 25.5 Å². The van der Waals surface area contributed by atoms with E-state index in [9.17, 15) is 0 Å². The largest absolute Gasteiger partial charge is 0.491 e. The molecule has 0 aliphatic heterocycles. The van der Waals surface area contributed by atoms with Crippen LogP contribution in [0.15, 0.2) is 24.3 Å². The van der Waals surface area contributed by atoms with Gasteiger partial charge in [-0.05, 0) is 37.5 Å². The molecule has 0 saturated carbocycles. The molecule has 1 aromatic rings. The topological polar surface area (TPSA) is 44.5 Å². The zero-order valence-corrected chi connectivity index (χ0v) is 11.5. The van der Waals surface area contributed by atoms with Crippen LogP contribution < -0.4 is 10.5 Å². The molecule has 0 bridgehead atoms. The number of hydrogen-bond acceptors (Lipinski definition) is 3. The lowest BCUT2D eigenvalue weighted by atomic mass is 10.1. The first kappa shape index (κ1) is 15.0. The van der Waals surface area contributed by atoms with Crippen molar-refractivity contribution in [1.29, 1.82) is 0 Å². The average Bonchev–Trinajstić information content (AvgIpc) is 2.42. The fourth-order valence-corrected chi connectivity index (χ4v) is 1.74. The Morgan fingerprint density at radius 2 is 1.89 bits per heavy atom. The fourth-order valence-electron chi connectivity index (χ4n) is 1.74. The molecular formula is C15H25NO2. The summed E-state index contributed by atoms with van der Waals surface area (Å²) in [4.78, 5) is 0. The van der Waals surface area contributed by atoms with E-state index in [1.807, 2.05) is 19.1 Å². The minimum absolute atomic E-state index is 0.0187. The summed E-state index contributed by atoms with van der Waals surface area (Å²) in [5.41, 5.74) is 6.96. The molecule has 0 amide bonds. The molecule has 3 nitrogen and oxygen atoms in total. The lowest BCUT2D eigenvalue weighted by Gasteiger charge is -2.15. The lowest BCUT2D eigenvalue weighted by Crippen LogP contribution is -2.30. The lowest BCUT2D eigenvalue weighted by molar-refractivity contribution is 0.0337. The molecule has 0 aromatic heterocycles. The average molecular weight is 251 g/mol. The van der Waals surface area contributed by atoms with E-state index in [1.54, 1.807) is 0 Å². The first-order valence-electron chi connectivity index (χ1n) is 6.83. The monoisotopic (exact) mass is 251 g/mol. The molecule has 1 unspecified atom stereocenters. The van der Waals surface area contributed by atoms with Crippen molar-refractivity contribution in [2.45, 2.75) is 39.2 Å². The maximum Gasteiger partial charge on any atom is 0.119 e. The highest BCUT2D eigenvalue weighted by atomic mass is 16.5. The minimum atomic E-state index is -0.0187. The second kappa shape index (κ2) is 8.95. The Morgan fingerprint density at radius 3 is 2.44 bits per heavy atom. The summed E-state index contributed by atoms with van der Waals surface area (Å²) in [5.74, 6) is 0.883. The standard InChI is InChI=1S/C15H25NO2/c1-3-5-6-13-7-9-14(10-8-13)18-12-15(11-16)17-4-2/h7-10,15H,3-6,11-12,16H2,1-2H3. The molecule has 0 heterocycles. The molecular weight excluding hydrogens is 226 g/mol. The second-order valence-electron chi connectivity index (χ2n) is 4.37. The number of benzene rings is 1. The van der Waals surface area contributed by atoms with Crippen LogP contribution in [-0.4, -0.2) is 25.9 Å². The third-order valence-electron chi connectivity index (χ3n) is 2.84. The molecule has 0 fully saturated rings.